The monoisotopic (exact) mass is 292 g/mol. The minimum absolute atomic E-state index is 0.0486. The molecule has 1 aromatic heterocycles. The van der Waals surface area contributed by atoms with E-state index in [1.807, 2.05) is 24.6 Å². The summed E-state index contributed by atoms with van der Waals surface area (Å²) in [4.78, 5) is 4.32. The van der Waals surface area contributed by atoms with Gasteiger partial charge in [-0.3, -0.25) is 0 Å². The molecular weight excluding hydrogens is 272 g/mol. The third-order valence-corrected chi connectivity index (χ3v) is 4.31. The molecule has 5 heteroatoms. The first-order chi connectivity index (χ1) is 9.61. The first kappa shape index (κ1) is 14.8. The summed E-state index contributed by atoms with van der Waals surface area (Å²) in [5.74, 6) is 1.39. The Hall–Kier alpha value is -1.59. The molecule has 0 bridgehead atoms. The summed E-state index contributed by atoms with van der Waals surface area (Å²) in [5, 5.41) is 16.5. The van der Waals surface area contributed by atoms with Crippen LogP contribution in [0.1, 0.15) is 36.4 Å². The highest BCUT2D eigenvalue weighted by atomic mass is 32.1. The molecule has 2 atom stereocenters. The predicted octanol–water partition coefficient (Wildman–Crippen LogP) is 3.31. The van der Waals surface area contributed by atoms with Gasteiger partial charge in [-0.2, -0.15) is 0 Å². The van der Waals surface area contributed by atoms with Crippen molar-refractivity contribution < 1.29 is 9.84 Å². The fourth-order valence-electron chi connectivity index (χ4n) is 2.04. The maximum absolute atomic E-state index is 9.94. The molecule has 0 saturated heterocycles. The molecule has 2 aromatic rings. The van der Waals surface area contributed by atoms with Gasteiger partial charge in [0.15, 0.2) is 0 Å². The largest absolute Gasteiger partial charge is 0.508 e. The normalized spacial score (nSPS) is 13.9. The van der Waals surface area contributed by atoms with Crippen LogP contribution in [0.3, 0.4) is 0 Å². The van der Waals surface area contributed by atoms with Gasteiger partial charge in [-0.05, 0) is 25.1 Å². The molecular formula is C15H20N2O2S. The Balaban J connectivity index is 1.99. The smallest absolute Gasteiger partial charge is 0.120 e. The summed E-state index contributed by atoms with van der Waals surface area (Å²) in [6, 6.07) is 5.33. The molecule has 2 unspecified atom stereocenters. The maximum atomic E-state index is 9.94. The van der Waals surface area contributed by atoms with Crippen molar-refractivity contribution in [3.05, 3.63) is 40.3 Å². The Labute approximate surface area is 123 Å². The summed E-state index contributed by atoms with van der Waals surface area (Å²) < 4.78 is 5.20. The molecule has 0 aliphatic rings. The van der Waals surface area contributed by atoms with Crippen molar-refractivity contribution in [2.45, 2.75) is 25.8 Å². The van der Waals surface area contributed by atoms with Crippen LogP contribution in [-0.4, -0.2) is 23.7 Å². The van der Waals surface area contributed by atoms with E-state index >= 15 is 0 Å². The number of nitrogens with zero attached hydrogens (tertiary/aromatic N) is 1. The molecule has 1 aromatic carbocycles. The number of aromatic nitrogens is 1. The molecule has 0 amide bonds. The van der Waals surface area contributed by atoms with Crippen LogP contribution in [0.25, 0.3) is 0 Å². The summed E-state index contributed by atoms with van der Waals surface area (Å²) in [6.45, 7) is 4.98. The first-order valence-corrected chi connectivity index (χ1v) is 7.49. The topological polar surface area (TPSA) is 54.4 Å². The van der Waals surface area contributed by atoms with E-state index in [1.165, 1.54) is 0 Å². The molecule has 0 aliphatic heterocycles. The Bertz CT molecular complexity index is 543. The van der Waals surface area contributed by atoms with Crippen molar-refractivity contribution >= 4 is 11.3 Å². The van der Waals surface area contributed by atoms with Crippen LogP contribution in [0, 0.1) is 0 Å². The van der Waals surface area contributed by atoms with Crippen molar-refractivity contribution in [2.75, 3.05) is 13.7 Å². The predicted molar refractivity (Wildman–Crippen MR) is 81.6 cm³/mol. The number of hydrogen-bond donors (Lipinski definition) is 2. The van der Waals surface area contributed by atoms with Gasteiger partial charge >= 0.3 is 0 Å². The zero-order valence-electron chi connectivity index (χ0n) is 12.0. The lowest BCUT2D eigenvalue weighted by molar-refractivity contribution is 0.407. The third kappa shape index (κ3) is 3.49. The molecule has 1 heterocycles. The molecule has 108 valence electrons. The molecule has 0 fully saturated rings. The number of rotatable bonds is 6. The molecule has 20 heavy (non-hydrogen) atoms. The Kier molecular flexibility index (Phi) is 4.98. The quantitative estimate of drug-likeness (QED) is 0.857. The van der Waals surface area contributed by atoms with Gasteiger partial charge in [0.05, 0.1) is 12.1 Å². The lowest BCUT2D eigenvalue weighted by Crippen LogP contribution is -2.23. The number of hydrogen-bond acceptors (Lipinski definition) is 5. The number of aromatic hydroxyl groups is 1. The number of phenolic OH excluding ortho intramolecular Hbond substituents is 1. The average molecular weight is 292 g/mol. The van der Waals surface area contributed by atoms with Crippen molar-refractivity contribution in [3.63, 3.8) is 0 Å². The highest BCUT2D eigenvalue weighted by Crippen LogP contribution is 2.28. The fourth-order valence-corrected chi connectivity index (χ4v) is 2.73. The summed E-state index contributed by atoms with van der Waals surface area (Å²) in [5.41, 5.74) is 0.843. The first-order valence-electron chi connectivity index (χ1n) is 6.61. The SMILES string of the molecule is COc1ccc(O)c(C(C)NCC(C)c2nccs2)c1. The second-order valence-corrected chi connectivity index (χ2v) is 5.75. The van der Waals surface area contributed by atoms with Crippen LogP contribution in [0.2, 0.25) is 0 Å². The van der Waals surface area contributed by atoms with Gasteiger partial charge in [0.25, 0.3) is 0 Å². The molecule has 0 radical (unpaired) electrons. The minimum atomic E-state index is 0.0486. The van der Waals surface area contributed by atoms with E-state index in [9.17, 15) is 5.11 Å². The van der Waals surface area contributed by atoms with Gasteiger partial charge < -0.3 is 15.2 Å². The van der Waals surface area contributed by atoms with E-state index in [0.717, 1.165) is 22.9 Å². The minimum Gasteiger partial charge on any atom is -0.508 e. The second-order valence-electron chi connectivity index (χ2n) is 4.83. The lowest BCUT2D eigenvalue weighted by atomic mass is 10.1. The number of phenols is 1. The van der Waals surface area contributed by atoms with E-state index in [2.05, 4.69) is 17.2 Å². The van der Waals surface area contributed by atoms with Crippen LogP contribution in [0.15, 0.2) is 29.8 Å². The third-order valence-electron chi connectivity index (χ3n) is 3.30. The zero-order chi connectivity index (χ0) is 14.5. The number of benzene rings is 1. The van der Waals surface area contributed by atoms with Crippen molar-refractivity contribution in [3.8, 4) is 11.5 Å². The fraction of sp³-hybridized carbons (Fsp3) is 0.400. The van der Waals surface area contributed by atoms with Crippen LogP contribution in [0.5, 0.6) is 11.5 Å². The van der Waals surface area contributed by atoms with Gasteiger partial charge in [0, 0.05) is 35.6 Å². The van der Waals surface area contributed by atoms with Gasteiger partial charge in [-0.15, -0.1) is 11.3 Å². The number of nitrogens with one attached hydrogen (secondary N) is 1. The van der Waals surface area contributed by atoms with E-state index in [0.29, 0.717) is 5.92 Å². The lowest BCUT2D eigenvalue weighted by Gasteiger charge is -2.18. The van der Waals surface area contributed by atoms with Gasteiger partial charge in [0.2, 0.25) is 0 Å². The number of ether oxygens (including phenoxy) is 1. The van der Waals surface area contributed by atoms with Crippen molar-refractivity contribution in [1.29, 1.82) is 0 Å². The Morgan fingerprint density at radius 1 is 1.40 bits per heavy atom. The van der Waals surface area contributed by atoms with Crippen molar-refractivity contribution in [2.24, 2.45) is 0 Å². The molecule has 2 N–H and O–H groups in total. The standard InChI is InChI=1S/C15H20N2O2S/c1-10(15-16-6-7-20-15)9-17-11(2)13-8-12(19-3)4-5-14(13)18/h4-8,10-11,17-18H,9H2,1-3H3. The summed E-state index contributed by atoms with van der Waals surface area (Å²) >= 11 is 1.67. The Morgan fingerprint density at radius 2 is 2.20 bits per heavy atom. The van der Waals surface area contributed by atoms with Gasteiger partial charge in [-0.1, -0.05) is 6.92 Å². The summed E-state index contributed by atoms with van der Waals surface area (Å²) in [7, 11) is 1.62. The Morgan fingerprint density at radius 3 is 2.85 bits per heavy atom. The maximum Gasteiger partial charge on any atom is 0.120 e. The summed E-state index contributed by atoms with van der Waals surface area (Å²) in [6.07, 6.45) is 1.83. The molecule has 4 nitrogen and oxygen atoms in total. The average Bonchev–Trinajstić information content (AvgIpc) is 2.99. The van der Waals surface area contributed by atoms with Crippen LogP contribution >= 0.6 is 11.3 Å². The highest BCUT2D eigenvalue weighted by molar-refractivity contribution is 7.09. The number of thiazole rings is 1. The number of methoxy groups -OCH3 is 1. The van der Waals surface area contributed by atoms with E-state index in [-0.39, 0.29) is 11.8 Å². The van der Waals surface area contributed by atoms with E-state index in [4.69, 9.17) is 4.74 Å². The highest BCUT2D eigenvalue weighted by Gasteiger charge is 2.14. The van der Waals surface area contributed by atoms with Gasteiger partial charge in [-0.25, -0.2) is 4.98 Å². The second kappa shape index (κ2) is 6.72. The van der Waals surface area contributed by atoms with Crippen LogP contribution < -0.4 is 10.1 Å². The van der Waals surface area contributed by atoms with E-state index < -0.39 is 0 Å². The molecule has 0 aliphatic carbocycles. The molecule has 0 spiro atoms. The molecule has 0 saturated carbocycles. The van der Waals surface area contributed by atoms with Crippen LogP contribution in [-0.2, 0) is 0 Å². The molecule has 2 rings (SSSR count). The van der Waals surface area contributed by atoms with Crippen LogP contribution in [0.4, 0.5) is 0 Å². The van der Waals surface area contributed by atoms with Crippen molar-refractivity contribution in [1.82, 2.24) is 10.3 Å². The van der Waals surface area contributed by atoms with Gasteiger partial charge in [0.1, 0.15) is 11.5 Å². The zero-order valence-corrected chi connectivity index (χ0v) is 12.8. The van der Waals surface area contributed by atoms with E-state index in [1.54, 1.807) is 30.6 Å².